The summed E-state index contributed by atoms with van der Waals surface area (Å²) in [4.78, 5) is 26.5. The number of nitrogens with one attached hydrogen (secondary N) is 1. The van der Waals surface area contributed by atoms with E-state index in [1.807, 2.05) is 24.3 Å². The minimum absolute atomic E-state index is 0.301. The van der Waals surface area contributed by atoms with Crippen LogP contribution >= 0.6 is 0 Å². The summed E-state index contributed by atoms with van der Waals surface area (Å²) in [6.07, 6.45) is 9.98. The Morgan fingerprint density at radius 3 is 2.39 bits per heavy atom. The Kier molecular flexibility index (Phi) is 6.05. The number of amides is 1. The summed E-state index contributed by atoms with van der Waals surface area (Å²) in [5, 5.41) is 3.53. The third kappa shape index (κ3) is 4.39. The average molecular weight is 425 g/mol. The predicted molar refractivity (Wildman–Crippen MR) is 119 cm³/mol. The summed E-state index contributed by atoms with van der Waals surface area (Å²) >= 11 is 0. The fourth-order valence-corrected chi connectivity index (χ4v) is 7.29. The molecule has 168 valence electrons. The van der Waals surface area contributed by atoms with Gasteiger partial charge in [-0.2, -0.15) is 0 Å². The van der Waals surface area contributed by atoms with E-state index in [1.165, 1.54) is 39.2 Å². The van der Waals surface area contributed by atoms with E-state index < -0.39 is 0 Å². The van der Waals surface area contributed by atoms with Crippen molar-refractivity contribution in [2.75, 3.05) is 20.2 Å². The molecule has 5 nitrogen and oxygen atoms in total. The third-order valence-electron chi connectivity index (χ3n) is 8.64. The molecule has 1 heterocycles. The van der Waals surface area contributed by atoms with Crippen LogP contribution in [0.5, 0.6) is 0 Å². The van der Waals surface area contributed by atoms with Crippen LogP contribution in [0.25, 0.3) is 0 Å². The molecule has 1 aliphatic heterocycles. The van der Waals surface area contributed by atoms with Crippen LogP contribution in [0.3, 0.4) is 0 Å². The van der Waals surface area contributed by atoms with Crippen LogP contribution in [0.1, 0.15) is 67.3 Å². The maximum absolute atomic E-state index is 12.7. The lowest BCUT2D eigenvalue weighted by atomic mass is 9.52. The van der Waals surface area contributed by atoms with Crippen molar-refractivity contribution >= 4 is 11.9 Å². The lowest BCUT2D eigenvalue weighted by Crippen LogP contribution is -2.50. The SMILES string of the molecule is COC(=O)c1ccc(CNCC[C@@H]2CCC(=O)N2CC2C3CC4CC(C3)CC2C4)cc1. The van der Waals surface area contributed by atoms with Gasteiger partial charge in [0.15, 0.2) is 0 Å². The Morgan fingerprint density at radius 1 is 1.06 bits per heavy atom. The summed E-state index contributed by atoms with van der Waals surface area (Å²) in [7, 11) is 1.40. The normalized spacial score (nSPS) is 33.8. The van der Waals surface area contributed by atoms with E-state index >= 15 is 0 Å². The highest BCUT2D eigenvalue weighted by atomic mass is 16.5. The molecule has 4 bridgehead atoms. The zero-order valence-corrected chi connectivity index (χ0v) is 18.7. The number of ether oxygens (including phenoxy) is 1. The lowest BCUT2D eigenvalue weighted by Gasteiger charge is -2.55. The number of carbonyl (C=O) groups is 2. The Balaban J connectivity index is 1.10. The number of likely N-dealkylation sites (tertiary alicyclic amines) is 1. The van der Waals surface area contributed by atoms with Crippen molar-refractivity contribution in [1.29, 1.82) is 0 Å². The van der Waals surface area contributed by atoms with Gasteiger partial charge in [-0.3, -0.25) is 4.79 Å². The van der Waals surface area contributed by atoms with E-state index in [4.69, 9.17) is 4.74 Å². The fourth-order valence-electron chi connectivity index (χ4n) is 7.29. The molecule has 1 N–H and O–H groups in total. The highest BCUT2D eigenvalue weighted by Gasteiger charge is 2.49. The molecule has 4 aliphatic carbocycles. The lowest BCUT2D eigenvalue weighted by molar-refractivity contribution is -0.132. The Hall–Kier alpha value is -1.88. The second-order valence-corrected chi connectivity index (χ2v) is 10.5. The molecular weight excluding hydrogens is 388 g/mol. The van der Waals surface area contributed by atoms with Gasteiger partial charge >= 0.3 is 5.97 Å². The molecule has 1 aromatic rings. The summed E-state index contributed by atoms with van der Waals surface area (Å²) in [6.45, 7) is 2.71. The molecule has 0 radical (unpaired) electrons. The quantitative estimate of drug-likeness (QED) is 0.506. The Morgan fingerprint density at radius 2 is 1.74 bits per heavy atom. The number of hydrogen-bond donors (Lipinski definition) is 1. The highest BCUT2D eigenvalue weighted by molar-refractivity contribution is 5.89. The van der Waals surface area contributed by atoms with Crippen molar-refractivity contribution in [3.63, 3.8) is 0 Å². The van der Waals surface area contributed by atoms with Crippen LogP contribution in [0.15, 0.2) is 24.3 Å². The van der Waals surface area contributed by atoms with E-state index in [0.717, 1.165) is 74.0 Å². The average Bonchev–Trinajstić information content (AvgIpc) is 3.12. The third-order valence-corrected chi connectivity index (χ3v) is 8.64. The number of hydrogen-bond acceptors (Lipinski definition) is 4. The van der Waals surface area contributed by atoms with Crippen molar-refractivity contribution in [2.24, 2.45) is 29.6 Å². The summed E-state index contributed by atoms with van der Waals surface area (Å²) in [5.41, 5.74) is 1.73. The maximum Gasteiger partial charge on any atom is 0.337 e. The molecule has 1 amide bonds. The number of carbonyl (C=O) groups excluding carboxylic acids is 2. The smallest absolute Gasteiger partial charge is 0.337 e. The van der Waals surface area contributed by atoms with Crippen LogP contribution < -0.4 is 5.32 Å². The molecule has 31 heavy (non-hydrogen) atoms. The van der Waals surface area contributed by atoms with E-state index in [1.54, 1.807) is 0 Å². The molecule has 1 atom stereocenters. The van der Waals surface area contributed by atoms with Crippen molar-refractivity contribution in [3.8, 4) is 0 Å². The Bertz CT molecular complexity index is 777. The van der Waals surface area contributed by atoms with Crippen LogP contribution in [-0.2, 0) is 16.1 Å². The summed E-state index contributed by atoms with van der Waals surface area (Å²) in [6, 6.07) is 7.96. The first-order chi connectivity index (χ1) is 15.1. The van der Waals surface area contributed by atoms with Gasteiger partial charge in [0.25, 0.3) is 0 Å². The number of nitrogens with zero attached hydrogens (tertiary/aromatic N) is 1. The number of rotatable bonds is 8. The molecule has 0 aromatic heterocycles. The first-order valence-corrected chi connectivity index (χ1v) is 12.3. The fraction of sp³-hybridized carbons (Fsp3) is 0.692. The molecule has 6 rings (SSSR count). The molecule has 5 fully saturated rings. The van der Waals surface area contributed by atoms with E-state index in [0.29, 0.717) is 17.5 Å². The van der Waals surface area contributed by atoms with Crippen LogP contribution in [0.4, 0.5) is 0 Å². The van der Waals surface area contributed by atoms with Gasteiger partial charge in [0, 0.05) is 25.6 Å². The monoisotopic (exact) mass is 424 g/mol. The van der Waals surface area contributed by atoms with E-state index in [2.05, 4.69) is 10.2 Å². The van der Waals surface area contributed by atoms with Gasteiger partial charge in [0.1, 0.15) is 0 Å². The van der Waals surface area contributed by atoms with Gasteiger partial charge in [0.2, 0.25) is 5.91 Å². The van der Waals surface area contributed by atoms with Crippen molar-refractivity contribution in [2.45, 2.75) is 64.0 Å². The number of benzene rings is 1. The van der Waals surface area contributed by atoms with Crippen molar-refractivity contribution in [3.05, 3.63) is 35.4 Å². The molecule has 0 unspecified atom stereocenters. The van der Waals surface area contributed by atoms with Gasteiger partial charge in [-0.25, -0.2) is 4.79 Å². The first kappa shape index (κ1) is 21.0. The van der Waals surface area contributed by atoms with E-state index in [-0.39, 0.29) is 5.97 Å². The second kappa shape index (κ2) is 8.93. The number of esters is 1. The molecule has 1 aromatic carbocycles. The van der Waals surface area contributed by atoms with Gasteiger partial charge in [-0.15, -0.1) is 0 Å². The van der Waals surface area contributed by atoms with Gasteiger partial charge in [-0.05, 0) is 98.8 Å². The summed E-state index contributed by atoms with van der Waals surface area (Å²) in [5.74, 6) is 4.61. The molecule has 5 aliphatic rings. The highest BCUT2D eigenvalue weighted by Crippen LogP contribution is 2.56. The van der Waals surface area contributed by atoms with Gasteiger partial charge in [0.05, 0.1) is 12.7 Å². The minimum atomic E-state index is -0.301. The van der Waals surface area contributed by atoms with Gasteiger partial charge in [-0.1, -0.05) is 12.1 Å². The van der Waals surface area contributed by atoms with Crippen LogP contribution in [0.2, 0.25) is 0 Å². The largest absolute Gasteiger partial charge is 0.465 e. The van der Waals surface area contributed by atoms with Gasteiger partial charge < -0.3 is 15.0 Å². The van der Waals surface area contributed by atoms with E-state index in [9.17, 15) is 9.59 Å². The molecule has 5 heteroatoms. The zero-order chi connectivity index (χ0) is 21.4. The second-order valence-electron chi connectivity index (χ2n) is 10.5. The van der Waals surface area contributed by atoms with Crippen LogP contribution in [-0.4, -0.2) is 43.0 Å². The molecule has 1 saturated heterocycles. The number of methoxy groups -OCH3 is 1. The topological polar surface area (TPSA) is 58.6 Å². The van der Waals surface area contributed by atoms with Crippen molar-refractivity contribution in [1.82, 2.24) is 10.2 Å². The molecule has 0 spiro atoms. The molecule has 4 saturated carbocycles. The summed E-state index contributed by atoms with van der Waals surface area (Å²) < 4.78 is 4.75. The van der Waals surface area contributed by atoms with Crippen LogP contribution in [0, 0.1) is 29.6 Å². The zero-order valence-electron chi connectivity index (χ0n) is 18.7. The predicted octanol–water partition coefficient (Wildman–Crippen LogP) is 4.02. The Labute approximate surface area is 185 Å². The van der Waals surface area contributed by atoms with Crippen molar-refractivity contribution < 1.29 is 14.3 Å². The first-order valence-electron chi connectivity index (χ1n) is 12.3. The molecular formula is C26H36N2O3. The minimum Gasteiger partial charge on any atom is -0.465 e. The standard InChI is InChI=1S/C26H36N2O3/c1-31-26(30)20-4-2-17(3-5-20)15-27-9-8-23-6-7-25(29)28(23)16-24-21-11-18-10-19(13-21)14-22(24)12-18/h2-5,18-19,21-24,27H,6-16H2,1H3/t18?,19?,21?,22?,23-,24?/m0/s1. The maximum atomic E-state index is 12.7.